The van der Waals surface area contributed by atoms with Crippen LogP contribution in [0.1, 0.15) is 24.5 Å². The van der Waals surface area contributed by atoms with Gasteiger partial charge in [0.2, 0.25) is 0 Å². The van der Waals surface area contributed by atoms with Crippen LogP contribution in [0.2, 0.25) is 0 Å². The fraction of sp³-hybridized carbons (Fsp3) is 0.462. The summed E-state index contributed by atoms with van der Waals surface area (Å²) in [5, 5.41) is -1.16. The van der Waals surface area contributed by atoms with Crippen LogP contribution in [0.4, 0.5) is 5.69 Å². The number of hydrogen-bond acceptors (Lipinski definition) is 3. The van der Waals surface area contributed by atoms with Crippen molar-refractivity contribution >= 4 is 15.8 Å². The van der Waals surface area contributed by atoms with Crippen LogP contribution in [-0.2, 0) is 16.5 Å². The van der Waals surface area contributed by atoms with Crippen molar-refractivity contribution in [2.75, 3.05) is 4.90 Å². The number of fused-ring (bicyclic) bond motifs is 1. The molecule has 1 aromatic carbocycles. The molecule has 100 valence electrons. The third-order valence-corrected chi connectivity index (χ3v) is 4.39. The Bertz CT molecular complexity index is 559. The van der Waals surface area contributed by atoms with Crippen LogP contribution in [0, 0.1) is 13.8 Å². The first-order valence-electron chi connectivity index (χ1n) is 5.98. The topological polar surface area (TPSA) is 57.6 Å². The molecule has 0 saturated heterocycles. The zero-order valence-corrected chi connectivity index (χ0v) is 15.6. The van der Waals surface area contributed by atoms with E-state index < -0.39 is 15.5 Å². The van der Waals surface area contributed by atoms with Gasteiger partial charge in [-0.05, 0) is 43.9 Å². The summed E-state index contributed by atoms with van der Waals surface area (Å²) in [5.74, 6) is 0. The summed E-state index contributed by atoms with van der Waals surface area (Å²) in [4.78, 5) is 1.70. The molecule has 1 aromatic rings. The van der Waals surface area contributed by atoms with Gasteiger partial charge < -0.3 is 11.8 Å². The number of rotatable bonds is 2. The van der Waals surface area contributed by atoms with Crippen LogP contribution in [0.25, 0.3) is 0 Å². The summed E-state index contributed by atoms with van der Waals surface area (Å²) >= 11 is 0. The van der Waals surface area contributed by atoms with Gasteiger partial charge in [0, 0.05) is 17.1 Å². The van der Waals surface area contributed by atoms with Gasteiger partial charge in [0.15, 0.2) is 0 Å². The monoisotopic (exact) mass is 307 g/mol. The zero-order valence-electron chi connectivity index (χ0n) is 11.6. The summed E-state index contributed by atoms with van der Waals surface area (Å²) in [6, 6.07) is 6.02. The second kappa shape index (κ2) is 6.55. The first-order chi connectivity index (χ1) is 8.30. The van der Waals surface area contributed by atoms with Crippen molar-refractivity contribution in [2.24, 2.45) is 0 Å². The van der Waals surface area contributed by atoms with Gasteiger partial charge in [-0.25, -0.2) is 8.42 Å². The summed E-state index contributed by atoms with van der Waals surface area (Å²) < 4.78 is 31.9. The number of hydrogen-bond donors (Lipinski definition) is 1. The van der Waals surface area contributed by atoms with Gasteiger partial charge in [0.1, 0.15) is 0 Å². The van der Waals surface area contributed by atoms with Crippen molar-refractivity contribution < 1.29 is 64.4 Å². The van der Waals surface area contributed by atoms with Crippen LogP contribution in [0.5, 0.6) is 0 Å². The molecular weight excluding hydrogens is 289 g/mol. The molecule has 1 N–H and O–H groups in total. The second-order valence-corrected chi connectivity index (χ2v) is 6.47. The Hall–Kier alpha value is 0.566. The van der Waals surface area contributed by atoms with Crippen LogP contribution in [0.3, 0.4) is 0 Å². The van der Waals surface area contributed by atoms with Crippen molar-refractivity contribution in [3.05, 3.63) is 36.2 Å². The fourth-order valence-corrected chi connectivity index (χ4v) is 3.06. The summed E-state index contributed by atoms with van der Waals surface area (Å²) in [7, 11) is -4.18. The molecule has 2 unspecified atom stereocenters. The molecule has 0 aromatic heterocycles. The van der Waals surface area contributed by atoms with Gasteiger partial charge in [0.25, 0.3) is 10.1 Å². The molecule has 0 radical (unpaired) electrons. The molecule has 2 atom stereocenters. The molecule has 0 spiro atoms. The summed E-state index contributed by atoms with van der Waals surface area (Å²) in [6.45, 7) is 7.51. The van der Waals surface area contributed by atoms with E-state index in [9.17, 15) is 13.0 Å². The van der Waals surface area contributed by atoms with Crippen molar-refractivity contribution in [3.8, 4) is 0 Å². The van der Waals surface area contributed by atoms with E-state index in [1.807, 2.05) is 32.0 Å². The Kier molecular flexibility index (Phi) is 6.08. The molecule has 1 heterocycles. The minimum atomic E-state index is -4.18. The Morgan fingerprint density at radius 1 is 1.47 bits per heavy atom. The fourth-order valence-electron chi connectivity index (χ4n) is 2.45. The predicted octanol–water partition coefficient (Wildman–Crippen LogP) is -0.812. The molecule has 0 amide bonds. The van der Waals surface area contributed by atoms with Gasteiger partial charge in [-0.2, -0.15) is 0 Å². The quantitative estimate of drug-likeness (QED) is 0.441. The maximum Gasteiger partial charge on any atom is 1.00 e. The van der Waals surface area contributed by atoms with Gasteiger partial charge in [-0.15, -0.1) is 0 Å². The Morgan fingerprint density at radius 2 is 2.11 bits per heavy atom. The molecule has 1 aliphatic heterocycles. The van der Waals surface area contributed by atoms with Crippen LogP contribution < -0.4 is 56.3 Å². The molecule has 0 aliphatic carbocycles. The Balaban J connectivity index is 0.00000180. The third-order valence-electron chi connectivity index (χ3n) is 3.48. The minimum absolute atomic E-state index is 0. The van der Waals surface area contributed by atoms with E-state index in [0.717, 1.165) is 29.7 Å². The maximum absolute atomic E-state index is 11.3. The van der Waals surface area contributed by atoms with Crippen molar-refractivity contribution in [1.82, 2.24) is 0 Å². The SMILES string of the molecule is [CH2-]C(N1c2cc(C)ccc2CCC1C)S(=O)(=O)O.[K+]. The largest absolute Gasteiger partial charge is 1.00 e. The molecule has 0 fully saturated rings. The van der Waals surface area contributed by atoms with E-state index in [4.69, 9.17) is 0 Å². The number of aryl methyl sites for hydroxylation is 2. The van der Waals surface area contributed by atoms with E-state index in [1.165, 1.54) is 0 Å². The van der Waals surface area contributed by atoms with E-state index in [-0.39, 0.29) is 57.4 Å². The minimum Gasteiger partial charge on any atom is -0.379 e. The van der Waals surface area contributed by atoms with E-state index in [1.54, 1.807) is 4.90 Å². The van der Waals surface area contributed by atoms with Crippen LogP contribution in [0.15, 0.2) is 18.2 Å². The van der Waals surface area contributed by atoms with Crippen molar-refractivity contribution in [3.63, 3.8) is 0 Å². The molecular formula is C13H18KNO3S. The molecule has 0 saturated carbocycles. The van der Waals surface area contributed by atoms with Gasteiger partial charge in [-0.1, -0.05) is 12.1 Å². The predicted molar refractivity (Wildman–Crippen MR) is 72.1 cm³/mol. The molecule has 0 bridgehead atoms. The normalized spacial score (nSPS) is 20.4. The second-order valence-electron chi connectivity index (χ2n) is 4.90. The van der Waals surface area contributed by atoms with Crippen LogP contribution >= 0.6 is 0 Å². The molecule has 6 heteroatoms. The molecule has 1 aliphatic rings. The Morgan fingerprint density at radius 3 is 2.68 bits per heavy atom. The summed E-state index contributed by atoms with van der Waals surface area (Å²) in [6.07, 6.45) is 1.78. The van der Waals surface area contributed by atoms with Crippen LogP contribution in [-0.4, -0.2) is 24.4 Å². The standard InChI is InChI=1S/C13H18NO3S.K/c1-9-4-6-12-7-5-10(2)14(13(12)8-9)11(3)18(15,16)17;/h4,6,8,10-11H,3,5,7H2,1-2H3,(H,15,16,17);/q-1;+1. The smallest absolute Gasteiger partial charge is 0.379 e. The van der Waals surface area contributed by atoms with E-state index in [0.29, 0.717) is 0 Å². The number of nitrogens with zero attached hydrogens (tertiary/aromatic N) is 1. The average molecular weight is 307 g/mol. The molecule has 4 nitrogen and oxygen atoms in total. The van der Waals surface area contributed by atoms with Crippen molar-refractivity contribution in [2.45, 2.75) is 38.1 Å². The first-order valence-corrected chi connectivity index (χ1v) is 7.48. The van der Waals surface area contributed by atoms with Crippen molar-refractivity contribution in [1.29, 1.82) is 0 Å². The van der Waals surface area contributed by atoms with E-state index in [2.05, 4.69) is 6.92 Å². The molecule has 19 heavy (non-hydrogen) atoms. The Labute approximate surface area is 157 Å². The third kappa shape index (κ3) is 3.81. The van der Waals surface area contributed by atoms with Gasteiger partial charge >= 0.3 is 51.4 Å². The van der Waals surface area contributed by atoms with E-state index >= 15 is 0 Å². The maximum atomic E-state index is 11.3. The zero-order chi connectivity index (χ0) is 13.5. The molecule has 2 rings (SSSR count). The van der Waals surface area contributed by atoms with Gasteiger partial charge in [-0.3, -0.25) is 4.55 Å². The summed E-state index contributed by atoms with van der Waals surface area (Å²) in [5.41, 5.74) is 3.04. The first kappa shape index (κ1) is 17.6. The number of anilines is 1. The average Bonchev–Trinajstić information content (AvgIpc) is 2.26. The number of benzene rings is 1. The van der Waals surface area contributed by atoms with Gasteiger partial charge in [0.05, 0.1) is 0 Å².